The summed E-state index contributed by atoms with van der Waals surface area (Å²) in [5.41, 5.74) is 3.20. The van der Waals surface area contributed by atoms with Gasteiger partial charge in [0.2, 0.25) is 11.9 Å². The smallest absolute Gasteiger partial charge is 0.225 e. The monoisotopic (exact) mass is 394 g/mol. The van der Waals surface area contributed by atoms with Gasteiger partial charge in [-0.25, -0.2) is 9.97 Å². The Morgan fingerprint density at radius 1 is 1.24 bits per heavy atom. The highest BCUT2D eigenvalue weighted by Crippen LogP contribution is 2.40. The third-order valence-electron chi connectivity index (χ3n) is 5.91. The van der Waals surface area contributed by atoms with Crippen molar-refractivity contribution in [2.75, 3.05) is 25.1 Å². The molecule has 1 aromatic carbocycles. The second kappa shape index (κ2) is 8.01. The van der Waals surface area contributed by atoms with E-state index in [-0.39, 0.29) is 17.4 Å². The van der Waals surface area contributed by atoms with Crippen molar-refractivity contribution in [1.29, 1.82) is 0 Å². The molecule has 1 fully saturated rings. The van der Waals surface area contributed by atoms with Crippen molar-refractivity contribution in [3.05, 3.63) is 47.3 Å². The van der Waals surface area contributed by atoms with E-state index < -0.39 is 0 Å². The first kappa shape index (κ1) is 19.7. The second-order valence-electron chi connectivity index (χ2n) is 8.96. The highest BCUT2D eigenvalue weighted by atomic mass is 16.5. The number of nitrogens with one attached hydrogen (secondary N) is 1. The van der Waals surface area contributed by atoms with Gasteiger partial charge in [0.15, 0.2) is 0 Å². The molecule has 1 aliphatic carbocycles. The van der Waals surface area contributed by atoms with Crippen molar-refractivity contribution in [1.82, 2.24) is 15.3 Å². The minimum atomic E-state index is -0.0490. The Bertz CT molecular complexity index is 873. The van der Waals surface area contributed by atoms with E-state index >= 15 is 0 Å². The molecule has 29 heavy (non-hydrogen) atoms. The summed E-state index contributed by atoms with van der Waals surface area (Å²) in [7, 11) is 1.64. The first-order valence-corrected chi connectivity index (χ1v) is 10.5. The molecular formula is C23H30N4O2. The Kier molecular flexibility index (Phi) is 5.43. The summed E-state index contributed by atoms with van der Waals surface area (Å²) in [6.07, 6.45) is 6.50. The number of carbonyl (C=O) groups is 1. The number of ether oxygens (including phenoxy) is 1. The number of nitrogens with zero attached hydrogens (tertiary/aromatic N) is 3. The maximum Gasteiger partial charge on any atom is 0.225 e. The van der Waals surface area contributed by atoms with E-state index in [9.17, 15) is 4.79 Å². The molecule has 1 N–H and O–H groups in total. The molecule has 6 nitrogen and oxygen atoms in total. The van der Waals surface area contributed by atoms with Crippen LogP contribution >= 0.6 is 0 Å². The molecule has 1 saturated heterocycles. The summed E-state index contributed by atoms with van der Waals surface area (Å²) >= 11 is 0. The summed E-state index contributed by atoms with van der Waals surface area (Å²) < 4.78 is 5.19. The lowest BCUT2D eigenvalue weighted by atomic mass is 9.74. The van der Waals surface area contributed by atoms with Crippen LogP contribution in [0, 0.1) is 5.41 Å². The van der Waals surface area contributed by atoms with Gasteiger partial charge in [-0.15, -0.1) is 0 Å². The molecule has 2 heterocycles. The lowest BCUT2D eigenvalue weighted by molar-refractivity contribution is -0.121. The fraction of sp³-hybridized carbons (Fsp3) is 0.522. The number of methoxy groups -OCH3 is 1. The number of amides is 1. The number of rotatable bonds is 5. The number of hydrogen-bond acceptors (Lipinski definition) is 5. The molecule has 1 aromatic heterocycles. The molecule has 1 aliphatic heterocycles. The molecule has 0 spiro atoms. The summed E-state index contributed by atoms with van der Waals surface area (Å²) in [5, 5.41) is 3.23. The van der Waals surface area contributed by atoms with Gasteiger partial charge in [0, 0.05) is 24.8 Å². The topological polar surface area (TPSA) is 67.3 Å². The molecule has 2 aromatic rings. The lowest BCUT2D eigenvalue weighted by Crippen LogP contribution is -2.38. The molecule has 1 amide bonds. The Morgan fingerprint density at radius 2 is 1.97 bits per heavy atom. The Labute approximate surface area is 172 Å². The molecule has 0 unspecified atom stereocenters. The number of carbonyl (C=O) groups excluding carboxylic acids is 1. The van der Waals surface area contributed by atoms with Crippen LogP contribution in [-0.2, 0) is 17.6 Å². The van der Waals surface area contributed by atoms with Gasteiger partial charge in [0.25, 0.3) is 0 Å². The fourth-order valence-corrected chi connectivity index (χ4v) is 4.41. The van der Waals surface area contributed by atoms with Crippen LogP contribution in [0.25, 0.3) is 0 Å². The summed E-state index contributed by atoms with van der Waals surface area (Å²) in [6, 6.07) is 7.59. The third kappa shape index (κ3) is 4.52. The average molecular weight is 395 g/mol. The summed E-state index contributed by atoms with van der Waals surface area (Å²) in [4.78, 5) is 24.5. The molecule has 0 saturated carbocycles. The predicted molar refractivity (Wildman–Crippen MR) is 113 cm³/mol. The van der Waals surface area contributed by atoms with E-state index in [1.165, 1.54) is 12.8 Å². The lowest BCUT2D eigenvalue weighted by Gasteiger charge is -2.36. The zero-order valence-electron chi connectivity index (χ0n) is 17.6. The quantitative estimate of drug-likeness (QED) is 0.841. The van der Waals surface area contributed by atoms with Gasteiger partial charge < -0.3 is 15.0 Å². The molecule has 154 valence electrons. The molecule has 2 aliphatic rings. The predicted octanol–water partition coefficient (Wildman–Crippen LogP) is 3.46. The maximum atomic E-state index is 12.7. The van der Waals surface area contributed by atoms with Gasteiger partial charge in [0.1, 0.15) is 5.75 Å². The standard InChI is InChI=1S/C23H30N4O2/c1-23(2)13-19(25-21(28)12-16-6-8-17(29-3)9-7-16)18-15-24-22(26-20(18)14-23)27-10-4-5-11-27/h6-9,15,19H,4-5,10-14H2,1-3H3,(H,25,28)/t19-/m0/s1. The van der Waals surface area contributed by atoms with Crippen LogP contribution in [0.1, 0.15) is 56.0 Å². The normalized spacial score (nSPS) is 20.2. The number of anilines is 1. The highest BCUT2D eigenvalue weighted by Gasteiger charge is 2.35. The summed E-state index contributed by atoms with van der Waals surface area (Å²) in [5.74, 6) is 1.65. The first-order chi connectivity index (χ1) is 13.9. The Morgan fingerprint density at radius 3 is 2.66 bits per heavy atom. The minimum absolute atomic E-state index is 0.0208. The van der Waals surface area contributed by atoms with Crippen molar-refractivity contribution < 1.29 is 9.53 Å². The van der Waals surface area contributed by atoms with E-state index in [2.05, 4.69) is 29.0 Å². The van der Waals surface area contributed by atoms with Gasteiger partial charge in [-0.3, -0.25) is 4.79 Å². The van der Waals surface area contributed by atoms with Crippen LogP contribution in [0.15, 0.2) is 30.5 Å². The zero-order valence-corrected chi connectivity index (χ0v) is 17.6. The van der Waals surface area contributed by atoms with E-state index in [0.717, 1.165) is 54.4 Å². The average Bonchev–Trinajstić information content (AvgIpc) is 3.22. The second-order valence-corrected chi connectivity index (χ2v) is 8.96. The van der Waals surface area contributed by atoms with Crippen LogP contribution in [-0.4, -0.2) is 36.1 Å². The van der Waals surface area contributed by atoms with Gasteiger partial charge in [-0.2, -0.15) is 0 Å². The number of fused-ring (bicyclic) bond motifs is 1. The largest absolute Gasteiger partial charge is 0.497 e. The molecule has 1 atom stereocenters. The van der Waals surface area contributed by atoms with E-state index in [4.69, 9.17) is 9.72 Å². The molecule has 0 bridgehead atoms. The van der Waals surface area contributed by atoms with Crippen LogP contribution in [0.4, 0.5) is 5.95 Å². The third-order valence-corrected chi connectivity index (χ3v) is 5.91. The van der Waals surface area contributed by atoms with Crippen molar-refractivity contribution in [3.63, 3.8) is 0 Å². The first-order valence-electron chi connectivity index (χ1n) is 10.5. The number of hydrogen-bond donors (Lipinski definition) is 1. The molecule has 4 rings (SSSR count). The van der Waals surface area contributed by atoms with Gasteiger partial charge in [-0.05, 0) is 48.8 Å². The van der Waals surface area contributed by atoms with Gasteiger partial charge in [0.05, 0.1) is 25.3 Å². The van der Waals surface area contributed by atoms with Gasteiger partial charge >= 0.3 is 0 Å². The van der Waals surface area contributed by atoms with Gasteiger partial charge in [-0.1, -0.05) is 26.0 Å². The highest BCUT2D eigenvalue weighted by molar-refractivity contribution is 5.79. The van der Waals surface area contributed by atoms with E-state index in [1.807, 2.05) is 30.5 Å². The molecule has 6 heteroatoms. The SMILES string of the molecule is COc1ccc(CC(=O)N[C@H]2CC(C)(C)Cc3nc(N4CCCC4)ncc32)cc1. The maximum absolute atomic E-state index is 12.7. The van der Waals surface area contributed by atoms with E-state index in [0.29, 0.717) is 6.42 Å². The molecular weight excluding hydrogens is 364 g/mol. The summed E-state index contributed by atoms with van der Waals surface area (Å²) in [6.45, 7) is 6.56. The molecule has 0 radical (unpaired) electrons. The van der Waals surface area contributed by atoms with Crippen molar-refractivity contribution in [2.24, 2.45) is 5.41 Å². The Hall–Kier alpha value is -2.63. The zero-order chi connectivity index (χ0) is 20.4. The Balaban J connectivity index is 1.50. The van der Waals surface area contributed by atoms with Crippen LogP contribution in [0.5, 0.6) is 5.75 Å². The number of aromatic nitrogens is 2. The minimum Gasteiger partial charge on any atom is -0.497 e. The van der Waals surface area contributed by atoms with E-state index in [1.54, 1.807) is 7.11 Å². The number of benzene rings is 1. The van der Waals surface area contributed by atoms with Crippen LogP contribution in [0.2, 0.25) is 0 Å². The van der Waals surface area contributed by atoms with Crippen molar-refractivity contribution >= 4 is 11.9 Å². The van der Waals surface area contributed by atoms with Crippen molar-refractivity contribution in [2.45, 2.75) is 52.0 Å². The van der Waals surface area contributed by atoms with Crippen LogP contribution in [0.3, 0.4) is 0 Å². The van der Waals surface area contributed by atoms with Crippen molar-refractivity contribution in [3.8, 4) is 5.75 Å². The fourth-order valence-electron chi connectivity index (χ4n) is 4.41. The van der Waals surface area contributed by atoms with Crippen LogP contribution < -0.4 is 15.0 Å².